The van der Waals surface area contributed by atoms with E-state index in [1.54, 1.807) is 31.2 Å². The number of benzene rings is 1. The Morgan fingerprint density at radius 1 is 1.47 bits per heavy atom. The smallest absolute Gasteiger partial charge is 0.313 e. The number of ether oxygens (including phenoxy) is 1. The summed E-state index contributed by atoms with van der Waals surface area (Å²) >= 11 is 5.82. The summed E-state index contributed by atoms with van der Waals surface area (Å²) in [5.41, 5.74) is -0.0692. The molecule has 0 aliphatic carbocycles. The first kappa shape index (κ1) is 12.4. The average Bonchev–Trinajstić information content (AvgIpc) is 2.24. The van der Waals surface area contributed by atoms with Crippen LogP contribution in [0, 0.1) is 5.92 Å². The standard InChI is InChI=1S/C13H15ClO3/c1-13(12(15)16,6-9-7-17-8-9)10-2-4-11(14)5-3-10/h2-5,9H,6-8H2,1H3,(H,15,16). The van der Waals surface area contributed by atoms with Gasteiger partial charge in [0, 0.05) is 10.9 Å². The first-order valence-corrected chi connectivity index (χ1v) is 5.97. The lowest BCUT2D eigenvalue weighted by atomic mass is 9.75. The molecule has 2 rings (SSSR count). The molecule has 1 aromatic rings. The molecule has 0 amide bonds. The van der Waals surface area contributed by atoms with E-state index in [0.717, 1.165) is 5.56 Å². The number of hydrogen-bond donors (Lipinski definition) is 1. The van der Waals surface area contributed by atoms with Crippen LogP contribution in [0.15, 0.2) is 24.3 Å². The van der Waals surface area contributed by atoms with Gasteiger partial charge in [-0.1, -0.05) is 23.7 Å². The number of carboxylic acids is 1. The highest BCUT2D eigenvalue weighted by molar-refractivity contribution is 6.30. The fourth-order valence-corrected chi connectivity index (χ4v) is 2.25. The fraction of sp³-hybridized carbons (Fsp3) is 0.462. The van der Waals surface area contributed by atoms with Crippen molar-refractivity contribution in [1.29, 1.82) is 0 Å². The van der Waals surface area contributed by atoms with E-state index in [1.165, 1.54) is 0 Å². The number of carbonyl (C=O) groups is 1. The molecule has 1 heterocycles. The molecule has 1 aromatic carbocycles. The second kappa shape index (κ2) is 4.67. The molecule has 3 nitrogen and oxygen atoms in total. The van der Waals surface area contributed by atoms with Crippen molar-refractivity contribution >= 4 is 17.6 Å². The average molecular weight is 255 g/mol. The number of aliphatic carboxylic acids is 1. The van der Waals surface area contributed by atoms with Crippen molar-refractivity contribution < 1.29 is 14.6 Å². The van der Waals surface area contributed by atoms with Gasteiger partial charge in [0.1, 0.15) is 0 Å². The van der Waals surface area contributed by atoms with Gasteiger partial charge in [-0.25, -0.2) is 0 Å². The summed E-state index contributed by atoms with van der Waals surface area (Å²) in [4.78, 5) is 11.5. The molecule has 1 aliphatic rings. The normalized spacial score (nSPS) is 19.4. The molecular formula is C13H15ClO3. The predicted molar refractivity (Wildman–Crippen MR) is 65.4 cm³/mol. The van der Waals surface area contributed by atoms with Crippen molar-refractivity contribution in [3.8, 4) is 0 Å². The van der Waals surface area contributed by atoms with Crippen molar-refractivity contribution in [2.24, 2.45) is 5.92 Å². The highest BCUT2D eigenvalue weighted by Crippen LogP contribution is 2.34. The second-order valence-electron chi connectivity index (χ2n) is 4.75. The van der Waals surface area contributed by atoms with Gasteiger partial charge >= 0.3 is 5.97 Å². The summed E-state index contributed by atoms with van der Waals surface area (Å²) in [6.07, 6.45) is 0.601. The maximum atomic E-state index is 11.5. The third kappa shape index (κ3) is 2.45. The molecule has 92 valence electrons. The third-order valence-corrected chi connectivity index (χ3v) is 3.61. The molecule has 1 fully saturated rings. The summed E-state index contributed by atoms with van der Waals surface area (Å²) in [5.74, 6) is -0.460. The summed E-state index contributed by atoms with van der Waals surface area (Å²) in [7, 11) is 0. The first-order valence-electron chi connectivity index (χ1n) is 5.59. The molecule has 0 spiro atoms. The number of hydrogen-bond acceptors (Lipinski definition) is 2. The third-order valence-electron chi connectivity index (χ3n) is 3.36. The Hall–Kier alpha value is -1.06. The molecule has 4 heteroatoms. The number of carboxylic acid groups (broad SMARTS) is 1. The molecule has 0 radical (unpaired) electrons. The maximum Gasteiger partial charge on any atom is 0.313 e. The molecule has 1 unspecified atom stereocenters. The van der Waals surface area contributed by atoms with Gasteiger partial charge in [-0.3, -0.25) is 4.79 Å². The highest BCUT2D eigenvalue weighted by Gasteiger charge is 2.39. The molecule has 1 aliphatic heterocycles. The zero-order valence-corrected chi connectivity index (χ0v) is 10.4. The summed E-state index contributed by atoms with van der Waals surface area (Å²) in [6, 6.07) is 7.04. The predicted octanol–water partition coefficient (Wildman–Crippen LogP) is 2.72. The van der Waals surface area contributed by atoms with Crippen molar-refractivity contribution in [3.63, 3.8) is 0 Å². The van der Waals surface area contributed by atoms with Crippen molar-refractivity contribution in [1.82, 2.24) is 0 Å². The highest BCUT2D eigenvalue weighted by atomic mass is 35.5. The lowest BCUT2D eigenvalue weighted by molar-refractivity contribution is -0.145. The minimum Gasteiger partial charge on any atom is -0.481 e. The van der Waals surface area contributed by atoms with E-state index >= 15 is 0 Å². The van der Waals surface area contributed by atoms with Crippen LogP contribution in [0.25, 0.3) is 0 Å². The van der Waals surface area contributed by atoms with Crippen LogP contribution < -0.4 is 0 Å². The zero-order chi connectivity index (χ0) is 12.5. The molecule has 0 saturated carbocycles. The van der Waals surface area contributed by atoms with Crippen LogP contribution >= 0.6 is 11.6 Å². The second-order valence-corrected chi connectivity index (χ2v) is 5.19. The van der Waals surface area contributed by atoms with E-state index in [4.69, 9.17) is 16.3 Å². The van der Waals surface area contributed by atoms with Crippen LogP contribution in [-0.2, 0) is 14.9 Å². The molecule has 1 N–H and O–H groups in total. The lowest BCUT2D eigenvalue weighted by Crippen LogP contribution is -2.40. The molecule has 1 atom stereocenters. The van der Waals surface area contributed by atoms with Gasteiger partial charge in [-0.05, 0) is 31.0 Å². The van der Waals surface area contributed by atoms with Crippen LogP contribution in [0.4, 0.5) is 0 Å². The fourth-order valence-electron chi connectivity index (χ4n) is 2.13. The SMILES string of the molecule is CC(CC1COC1)(C(=O)O)c1ccc(Cl)cc1. The van der Waals surface area contributed by atoms with Crippen LogP contribution in [0.1, 0.15) is 18.9 Å². The number of halogens is 1. The largest absolute Gasteiger partial charge is 0.481 e. The lowest BCUT2D eigenvalue weighted by Gasteiger charge is -2.34. The van der Waals surface area contributed by atoms with Gasteiger partial charge in [-0.2, -0.15) is 0 Å². The van der Waals surface area contributed by atoms with Crippen LogP contribution in [0.3, 0.4) is 0 Å². The quantitative estimate of drug-likeness (QED) is 0.899. The van der Waals surface area contributed by atoms with Gasteiger partial charge in [0.05, 0.1) is 18.6 Å². The minimum absolute atomic E-state index is 0.340. The van der Waals surface area contributed by atoms with E-state index in [2.05, 4.69) is 0 Å². The molecule has 17 heavy (non-hydrogen) atoms. The molecule has 0 aromatic heterocycles. The Morgan fingerprint density at radius 2 is 2.06 bits per heavy atom. The summed E-state index contributed by atoms with van der Waals surface area (Å²) < 4.78 is 5.10. The maximum absolute atomic E-state index is 11.5. The Labute approximate surface area is 105 Å². The van der Waals surface area contributed by atoms with Crippen LogP contribution in [-0.4, -0.2) is 24.3 Å². The van der Waals surface area contributed by atoms with Crippen LogP contribution in [0.2, 0.25) is 5.02 Å². The van der Waals surface area contributed by atoms with Crippen LogP contribution in [0.5, 0.6) is 0 Å². The Kier molecular flexibility index (Phi) is 3.40. The summed E-state index contributed by atoms with van der Waals surface area (Å²) in [5, 5.41) is 10.1. The van der Waals surface area contributed by atoms with Gasteiger partial charge in [0.2, 0.25) is 0 Å². The van der Waals surface area contributed by atoms with E-state index in [1.807, 2.05) is 0 Å². The van der Waals surface area contributed by atoms with E-state index in [0.29, 0.717) is 30.6 Å². The zero-order valence-electron chi connectivity index (χ0n) is 9.65. The summed E-state index contributed by atoms with van der Waals surface area (Å²) in [6.45, 7) is 3.09. The monoisotopic (exact) mass is 254 g/mol. The number of rotatable bonds is 4. The van der Waals surface area contributed by atoms with Crippen molar-refractivity contribution in [3.05, 3.63) is 34.9 Å². The van der Waals surface area contributed by atoms with Crippen molar-refractivity contribution in [2.75, 3.05) is 13.2 Å². The minimum atomic E-state index is -0.862. The Morgan fingerprint density at radius 3 is 2.47 bits per heavy atom. The molecule has 1 saturated heterocycles. The molecular weight excluding hydrogens is 240 g/mol. The Balaban J connectivity index is 2.25. The molecule has 0 bridgehead atoms. The van der Waals surface area contributed by atoms with Gasteiger partial charge < -0.3 is 9.84 Å². The van der Waals surface area contributed by atoms with Gasteiger partial charge in [0.15, 0.2) is 0 Å². The topological polar surface area (TPSA) is 46.5 Å². The van der Waals surface area contributed by atoms with E-state index < -0.39 is 11.4 Å². The van der Waals surface area contributed by atoms with E-state index in [-0.39, 0.29) is 0 Å². The van der Waals surface area contributed by atoms with Gasteiger partial charge in [-0.15, -0.1) is 0 Å². The van der Waals surface area contributed by atoms with Gasteiger partial charge in [0.25, 0.3) is 0 Å². The van der Waals surface area contributed by atoms with Crippen molar-refractivity contribution in [2.45, 2.75) is 18.8 Å². The Bertz CT molecular complexity index is 411. The first-order chi connectivity index (χ1) is 8.02. The van der Waals surface area contributed by atoms with E-state index in [9.17, 15) is 9.90 Å².